The molecular weight excluding hydrogens is 504 g/mol. The van der Waals surface area contributed by atoms with Gasteiger partial charge in [-0.3, -0.25) is 19.2 Å². The highest BCUT2D eigenvalue weighted by molar-refractivity contribution is 6.10. The summed E-state index contributed by atoms with van der Waals surface area (Å²) in [4.78, 5) is 51.1. The Balaban J connectivity index is 1.70. The Kier molecular flexibility index (Phi) is 13.2. The van der Waals surface area contributed by atoms with Crippen molar-refractivity contribution in [2.45, 2.75) is 91.1 Å². The first-order valence-corrected chi connectivity index (χ1v) is 14.8. The van der Waals surface area contributed by atoms with Crippen LogP contribution in [0.25, 0.3) is 0 Å². The van der Waals surface area contributed by atoms with E-state index in [1.807, 2.05) is 52.0 Å². The van der Waals surface area contributed by atoms with E-state index in [1.165, 1.54) is 0 Å². The van der Waals surface area contributed by atoms with Crippen LogP contribution in [0, 0.1) is 22.7 Å². The van der Waals surface area contributed by atoms with Crippen LogP contribution in [0.3, 0.4) is 0 Å². The van der Waals surface area contributed by atoms with E-state index in [4.69, 9.17) is 11.5 Å². The van der Waals surface area contributed by atoms with E-state index in [9.17, 15) is 19.2 Å². The molecule has 2 amide bonds. The average Bonchev–Trinajstić information content (AvgIpc) is 2.93. The number of amides is 2. The third-order valence-electron chi connectivity index (χ3n) is 8.12. The minimum Gasteiger partial charge on any atom is -0.369 e. The maximum absolute atomic E-state index is 13.3. The van der Waals surface area contributed by atoms with Crippen LogP contribution in [0.5, 0.6) is 0 Å². The number of unbranched alkanes of at least 4 members (excludes halogenated alkanes) is 5. The number of hydrogen-bond acceptors (Lipinski definition) is 6. The monoisotopic (exact) mass is 554 g/mol. The topological polar surface area (TPSA) is 144 Å². The van der Waals surface area contributed by atoms with Crippen molar-refractivity contribution in [1.29, 1.82) is 0 Å². The molecule has 4 atom stereocenters. The molecule has 0 heterocycles. The third-order valence-corrected chi connectivity index (χ3v) is 8.12. The fourth-order valence-electron chi connectivity index (χ4n) is 5.50. The molecule has 0 radical (unpaired) electrons. The molecule has 6 N–H and O–H groups in total. The van der Waals surface area contributed by atoms with Crippen molar-refractivity contribution in [2.75, 3.05) is 13.1 Å². The van der Waals surface area contributed by atoms with Crippen LogP contribution >= 0.6 is 0 Å². The second kappa shape index (κ2) is 15.8. The van der Waals surface area contributed by atoms with E-state index in [2.05, 4.69) is 10.6 Å². The van der Waals surface area contributed by atoms with Crippen LogP contribution in [0.15, 0.2) is 48.6 Å². The van der Waals surface area contributed by atoms with E-state index >= 15 is 0 Å². The molecule has 0 saturated carbocycles. The number of primary amides is 2. The lowest BCUT2D eigenvalue weighted by Gasteiger charge is -2.32. The summed E-state index contributed by atoms with van der Waals surface area (Å²) in [7, 11) is 0. The van der Waals surface area contributed by atoms with Crippen LogP contribution in [0.1, 0.15) is 79.1 Å². The first kappa shape index (κ1) is 33.4. The second-order valence-electron chi connectivity index (χ2n) is 11.9. The van der Waals surface area contributed by atoms with Crippen molar-refractivity contribution in [2.24, 2.45) is 34.1 Å². The molecule has 4 unspecified atom stereocenters. The zero-order valence-electron chi connectivity index (χ0n) is 24.8. The fraction of sp³-hybridized carbons (Fsp3) is 0.625. The molecule has 0 bridgehead atoms. The SMILES string of the molecule is CC(C)C(NCCCCCCCCNC(C(=O)C1(C(N)=O)C=CC=CC1)C(C)C)C(=O)C1(C(N)=O)C=CC=CC1. The van der Waals surface area contributed by atoms with E-state index < -0.39 is 34.7 Å². The van der Waals surface area contributed by atoms with Crippen molar-refractivity contribution in [1.82, 2.24) is 10.6 Å². The molecule has 2 aliphatic carbocycles. The van der Waals surface area contributed by atoms with Crippen molar-refractivity contribution in [3.05, 3.63) is 48.6 Å². The van der Waals surface area contributed by atoms with Crippen LogP contribution < -0.4 is 22.1 Å². The molecule has 0 saturated heterocycles. The van der Waals surface area contributed by atoms with Gasteiger partial charge in [-0.15, -0.1) is 0 Å². The molecule has 0 aromatic heterocycles. The average molecular weight is 555 g/mol. The van der Waals surface area contributed by atoms with E-state index in [0.29, 0.717) is 25.9 Å². The molecule has 222 valence electrons. The van der Waals surface area contributed by atoms with Gasteiger partial charge in [-0.25, -0.2) is 0 Å². The van der Waals surface area contributed by atoms with Gasteiger partial charge < -0.3 is 22.1 Å². The Labute approximate surface area is 240 Å². The van der Waals surface area contributed by atoms with Gasteiger partial charge in [0.2, 0.25) is 11.8 Å². The number of rotatable bonds is 19. The van der Waals surface area contributed by atoms with Gasteiger partial charge in [-0.1, -0.05) is 102 Å². The number of hydrogen-bond donors (Lipinski definition) is 4. The highest BCUT2D eigenvalue weighted by Crippen LogP contribution is 2.32. The summed E-state index contributed by atoms with van der Waals surface area (Å²) in [6.45, 7) is 9.33. The number of allylic oxidation sites excluding steroid dienone is 6. The summed E-state index contributed by atoms with van der Waals surface area (Å²) < 4.78 is 0. The van der Waals surface area contributed by atoms with Crippen molar-refractivity contribution in [3.63, 3.8) is 0 Å². The lowest BCUT2D eigenvalue weighted by atomic mass is 9.72. The Morgan fingerprint density at radius 3 is 1.25 bits per heavy atom. The van der Waals surface area contributed by atoms with Crippen LogP contribution in [0.4, 0.5) is 0 Å². The molecule has 2 rings (SSSR count). The summed E-state index contributed by atoms with van der Waals surface area (Å²) in [6, 6.07) is -0.861. The first-order chi connectivity index (χ1) is 19.0. The zero-order chi connectivity index (χ0) is 29.8. The minimum atomic E-state index is -1.27. The van der Waals surface area contributed by atoms with Gasteiger partial charge in [0.1, 0.15) is 10.8 Å². The van der Waals surface area contributed by atoms with Gasteiger partial charge in [0.25, 0.3) is 0 Å². The highest BCUT2D eigenvalue weighted by atomic mass is 16.2. The largest absolute Gasteiger partial charge is 0.369 e. The van der Waals surface area contributed by atoms with Gasteiger partial charge in [0, 0.05) is 0 Å². The summed E-state index contributed by atoms with van der Waals surface area (Å²) in [6.07, 6.45) is 20.8. The fourth-order valence-corrected chi connectivity index (χ4v) is 5.50. The lowest BCUT2D eigenvalue weighted by molar-refractivity contribution is -0.140. The van der Waals surface area contributed by atoms with Gasteiger partial charge in [0.05, 0.1) is 12.1 Å². The number of ketones is 2. The summed E-state index contributed by atoms with van der Waals surface area (Å²) in [5.74, 6) is -1.42. The predicted octanol–water partition coefficient (Wildman–Crippen LogP) is 3.67. The van der Waals surface area contributed by atoms with Crippen LogP contribution in [-0.4, -0.2) is 48.6 Å². The maximum Gasteiger partial charge on any atom is 0.235 e. The van der Waals surface area contributed by atoms with Gasteiger partial charge in [-0.2, -0.15) is 0 Å². The normalized spacial score (nSPS) is 23.4. The summed E-state index contributed by atoms with van der Waals surface area (Å²) in [5.41, 5.74) is 8.79. The number of nitrogens with one attached hydrogen (secondary N) is 2. The third kappa shape index (κ3) is 8.33. The smallest absolute Gasteiger partial charge is 0.235 e. The van der Waals surface area contributed by atoms with Crippen molar-refractivity contribution in [3.8, 4) is 0 Å². The van der Waals surface area contributed by atoms with Crippen LogP contribution in [0.2, 0.25) is 0 Å². The zero-order valence-corrected chi connectivity index (χ0v) is 24.8. The quantitative estimate of drug-likeness (QED) is 0.142. The number of Topliss-reactive ketones (excluding diaryl/α,β-unsaturated/α-hetero) is 2. The minimum absolute atomic E-state index is 0.0422. The van der Waals surface area contributed by atoms with E-state index in [1.54, 1.807) is 24.3 Å². The highest BCUT2D eigenvalue weighted by Gasteiger charge is 2.46. The predicted molar refractivity (Wildman–Crippen MR) is 160 cm³/mol. The number of carbonyl (C=O) groups excluding carboxylic acids is 4. The molecule has 0 aromatic rings. The molecule has 8 heteroatoms. The summed E-state index contributed by atoms with van der Waals surface area (Å²) >= 11 is 0. The number of carbonyl (C=O) groups is 4. The van der Waals surface area contributed by atoms with Gasteiger partial charge >= 0.3 is 0 Å². The molecule has 0 aromatic carbocycles. The molecule has 8 nitrogen and oxygen atoms in total. The Morgan fingerprint density at radius 2 is 0.975 bits per heavy atom. The van der Waals surface area contributed by atoms with E-state index in [-0.39, 0.29) is 23.4 Å². The molecule has 0 aliphatic heterocycles. The van der Waals surface area contributed by atoms with Crippen molar-refractivity contribution < 1.29 is 19.2 Å². The van der Waals surface area contributed by atoms with Crippen LogP contribution in [-0.2, 0) is 19.2 Å². The Morgan fingerprint density at radius 1 is 0.625 bits per heavy atom. The van der Waals surface area contributed by atoms with Gasteiger partial charge in [-0.05, 0) is 50.6 Å². The first-order valence-electron chi connectivity index (χ1n) is 14.8. The molecule has 40 heavy (non-hydrogen) atoms. The van der Waals surface area contributed by atoms with E-state index in [0.717, 1.165) is 38.5 Å². The summed E-state index contributed by atoms with van der Waals surface area (Å²) in [5, 5.41) is 6.76. The lowest BCUT2D eigenvalue weighted by Crippen LogP contribution is -2.53. The molecule has 0 fully saturated rings. The van der Waals surface area contributed by atoms with Crippen molar-refractivity contribution >= 4 is 23.4 Å². The second-order valence-corrected chi connectivity index (χ2v) is 11.9. The standard InChI is InChI=1S/C32H50N4O4/c1-23(2)25(27(37)31(29(33)39)17-11-9-12-18-31)35-21-15-7-5-6-8-16-22-36-26(24(3)4)28(38)32(30(34)40)19-13-10-14-20-32/h9-14,17,19,23-26,35-36H,5-8,15-16,18,20-22H2,1-4H3,(H2,33,39)(H2,34,40). The number of nitrogens with two attached hydrogens (primary N) is 2. The Hall–Kier alpha value is -2.84. The molecule has 0 spiro atoms. The Bertz CT molecular complexity index is 932. The van der Waals surface area contributed by atoms with Gasteiger partial charge in [0.15, 0.2) is 11.6 Å². The molecular formula is C32H50N4O4. The maximum atomic E-state index is 13.3. The molecule has 2 aliphatic rings.